The van der Waals surface area contributed by atoms with Crippen molar-refractivity contribution < 1.29 is 9.53 Å². The van der Waals surface area contributed by atoms with Crippen LogP contribution in [0.4, 0.5) is 0 Å². The molecule has 1 unspecified atom stereocenters. The Labute approximate surface area is 91.8 Å². The second-order valence-electron chi connectivity index (χ2n) is 4.63. The van der Waals surface area contributed by atoms with Gasteiger partial charge in [-0.3, -0.25) is 4.79 Å². The molecule has 4 heteroatoms. The van der Waals surface area contributed by atoms with Crippen molar-refractivity contribution in [3.63, 3.8) is 0 Å². The van der Waals surface area contributed by atoms with E-state index in [0.29, 0.717) is 12.5 Å². The first-order chi connectivity index (χ1) is 6.99. The zero-order valence-electron chi connectivity index (χ0n) is 9.95. The van der Waals surface area contributed by atoms with Gasteiger partial charge in [-0.15, -0.1) is 0 Å². The highest BCUT2D eigenvalue weighted by Gasteiger charge is 2.37. The summed E-state index contributed by atoms with van der Waals surface area (Å²) in [4.78, 5) is 13.9. The third-order valence-electron chi connectivity index (χ3n) is 3.24. The molecule has 15 heavy (non-hydrogen) atoms. The molecule has 4 nitrogen and oxygen atoms in total. The van der Waals surface area contributed by atoms with Gasteiger partial charge >= 0.3 is 5.97 Å². The molecule has 1 saturated heterocycles. The molecular weight excluding hydrogens is 192 g/mol. The lowest BCUT2D eigenvalue weighted by atomic mass is 9.92. The predicted molar refractivity (Wildman–Crippen MR) is 59.5 cm³/mol. The highest BCUT2D eigenvalue weighted by Crippen LogP contribution is 2.22. The predicted octanol–water partition coefficient (Wildman–Crippen LogP) is 0.751. The number of hydrogen-bond donors (Lipinski definition) is 1. The van der Waals surface area contributed by atoms with Crippen molar-refractivity contribution in [1.82, 2.24) is 4.90 Å². The summed E-state index contributed by atoms with van der Waals surface area (Å²) >= 11 is 0. The number of ether oxygens (including phenoxy) is 1. The maximum atomic E-state index is 11.6. The molecule has 1 aliphatic rings. The summed E-state index contributed by atoms with van der Waals surface area (Å²) in [6.07, 6.45) is 2.38. The second-order valence-corrected chi connectivity index (χ2v) is 4.63. The van der Waals surface area contributed by atoms with Crippen LogP contribution in [0.25, 0.3) is 0 Å². The van der Waals surface area contributed by atoms with Crippen LogP contribution in [0.1, 0.15) is 33.1 Å². The molecule has 88 valence electrons. The molecule has 0 radical (unpaired) electrons. The van der Waals surface area contributed by atoms with Crippen LogP contribution in [0.3, 0.4) is 0 Å². The number of nitrogens with zero attached hydrogens (tertiary/aromatic N) is 1. The van der Waals surface area contributed by atoms with E-state index in [1.54, 1.807) is 0 Å². The number of carbonyl (C=O) groups is 1. The van der Waals surface area contributed by atoms with E-state index in [4.69, 9.17) is 10.5 Å². The SMILES string of the molecule is COC(=O)C1(N)CCCN(C(C)C)CC1. The minimum absolute atomic E-state index is 0.270. The molecule has 0 spiro atoms. The van der Waals surface area contributed by atoms with Crippen LogP contribution in [0.15, 0.2) is 0 Å². The monoisotopic (exact) mass is 214 g/mol. The fraction of sp³-hybridized carbons (Fsp3) is 0.909. The highest BCUT2D eigenvalue weighted by atomic mass is 16.5. The Balaban J connectivity index is 2.62. The highest BCUT2D eigenvalue weighted by molar-refractivity contribution is 5.80. The van der Waals surface area contributed by atoms with E-state index < -0.39 is 5.54 Å². The summed E-state index contributed by atoms with van der Waals surface area (Å²) in [6, 6.07) is 0.519. The lowest BCUT2D eigenvalue weighted by molar-refractivity contribution is -0.147. The molecule has 1 rings (SSSR count). The first kappa shape index (κ1) is 12.5. The van der Waals surface area contributed by atoms with Crippen molar-refractivity contribution in [1.29, 1.82) is 0 Å². The van der Waals surface area contributed by atoms with Crippen molar-refractivity contribution in [2.75, 3.05) is 20.2 Å². The summed E-state index contributed by atoms with van der Waals surface area (Å²) < 4.78 is 4.76. The molecule has 0 amide bonds. The smallest absolute Gasteiger partial charge is 0.325 e. The van der Waals surface area contributed by atoms with Gasteiger partial charge in [0, 0.05) is 12.6 Å². The Hall–Kier alpha value is -0.610. The van der Waals surface area contributed by atoms with Crippen LogP contribution in [-0.2, 0) is 9.53 Å². The molecule has 0 saturated carbocycles. The topological polar surface area (TPSA) is 55.6 Å². The van der Waals surface area contributed by atoms with Gasteiger partial charge in [-0.05, 0) is 39.7 Å². The Morgan fingerprint density at radius 2 is 2.07 bits per heavy atom. The number of methoxy groups -OCH3 is 1. The van der Waals surface area contributed by atoms with Crippen LogP contribution in [0.5, 0.6) is 0 Å². The maximum Gasteiger partial charge on any atom is 0.325 e. The molecule has 0 bridgehead atoms. The standard InChI is InChI=1S/C11H22N2O2/c1-9(2)13-7-4-5-11(12,6-8-13)10(14)15-3/h9H,4-8,12H2,1-3H3. The van der Waals surface area contributed by atoms with E-state index >= 15 is 0 Å². The van der Waals surface area contributed by atoms with Crippen molar-refractivity contribution in [2.45, 2.75) is 44.7 Å². The normalized spacial score (nSPS) is 28.9. The molecule has 0 aliphatic carbocycles. The first-order valence-electron chi connectivity index (χ1n) is 5.61. The number of nitrogens with two attached hydrogens (primary N) is 1. The molecule has 1 atom stereocenters. The Bertz CT molecular complexity index is 231. The largest absolute Gasteiger partial charge is 0.468 e. The van der Waals surface area contributed by atoms with Crippen LogP contribution in [0.2, 0.25) is 0 Å². The molecule has 1 aliphatic heterocycles. The van der Waals surface area contributed by atoms with Crippen molar-refractivity contribution in [2.24, 2.45) is 5.73 Å². The first-order valence-corrected chi connectivity index (χ1v) is 5.61. The summed E-state index contributed by atoms with van der Waals surface area (Å²) in [5.74, 6) is -0.270. The van der Waals surface area contributed by atoms with E-state index in [0.717, 1.165) is 25.9 Å². The van der Waals surface area contributed by atoms with Crippen LogP contribution in [-0.4, -0.2) is 42.6 Å². The van der Waals surface area contributed by atoms with E-state index in [9.17, 15) is 4.79 Å². The zero-order chi connectivity index (χ0) is 11.5. The van der Waals surface area contributed by atoms with Crippen molar-refractivity contribution in [3.05, 3.63) is 0 Å². The van der Waals surface area contributed by atoms with Gasteiger partial charge in [0.25, 0.3) is 0 Å². The Morgan fingerprint density at radius 3 is 2.60 bits per heavy atom. The maximum absolute atomic E-state index is 11.6. The Kier molecular flexibility index (Phi) is 4.11. The van der Waals surface area contributed by atoms with Crippen LogP contribution in [0, 0.1) is 0 Å². The number of likely N-dealkylation sites (tertiary alicyclic amines) is 1. The summed E-state index contributed by atoms with van der Waals surface area (Å²) in [5.41, 5.74) is 5.31. The fourth-order valence-corrected chi connectivity index (χ4v) is 2.10. The van der Waals surface area contributed by atoms with E-state index in [2.05, 4.69) is 18.7 Å². The van der Waals surface area contributed by atoms with Gasteiger partial charge in [0.05, 0.1) is 7.11 Å². The lowest BCUT2D eigenvalue weighted by Gasteiger charge is -2.26. The molecule has 1 heterocycles. The zero-order valence-corrected chi connectivity index (χ0v) is 9.95. The summed E-state index contributed by atoms with van der Waals surface area (Å²) in [7, 11) is 1.40. The van der Waals surface area contributed by atoms with Gasteiger partial charge in [-0.1, -0.05) is 0 Å². The summed E-state index contributed by atoms with van der Waals surface area (Å²) in [6.45, 7) is 6.24. The minimum atomic E-state index is -0.765. The number of carbonyl (C=O) groups excluding carboxylic acids is 1. The Morgan fingerprint density at radius 1 is 1.40 bits per heavy atom. The average molecular weight is 214 g/mol. The number of hydrogen-bond acceptors (Lipinski definition) is 4. The van der Waals surface area contributed by atoms with E-state index in [-0.39, 0.29) is 5.97 Å². The van der Waals surface area contributed by atoms with Crippen LogP contribution >= 0.6 is 0 Å². The van der Waals surface area contributed by atoms with Crippen LogP contribution < -0.4 is 5.73 Å². The summed E-state index contributed by atoms with van der Waals surface area (Å²) in [5, 5.41) is 0. The van der Waals surface area contributed by atoms with Crippen molar-refractivity contribution in [3.8, 4) is 0 Å². The number of rotatable bonds is 2. The molecule has 0 aromatic heterocycles. The van der Waals surface area contributed by atoms with Gasteiger partial charge in [0.2, 0.25) is 0 Å². The third-order valence-corrected chi connectivity index (χ3v) is 3.24. The van der Waals surface area contributed by atoms with E-state index in [1.807, 2.05) is 0 Å². The van der Waals surface area contributed by atoms with Crippen molar-refractivity contribution >= 4 is 5.97 Å². The average Bonchev–Trinajstić information content (AvgIpc) is 2.40. The molecule has 0 aromatic rings. The fourth-order valence-electron chi connectivity index (χ4n) is 2.10. The molecule has 2 N–H and O–H groups in total. The van der Waals surface area contributed by atoms with Gasteiger partial charge in [0.15, 0.2) is 0 Å². The van der Waals surface area contributed by atoms with Gasteiger partial charge in [-0.25, -0.2) is 0 Å². The number of esters is 1. The minimum Gasteiger partial charge on any atom is -0.468 e. The lowest BCUT2D eigenvalue weighted by Crippen LogP contribution is -2.49. The molecule has 1 fully saturated rings. The quantitative estimate of drug-likeness (QED) is 0.689. The van der Waals surface area contributed by atoms with E-state index in [1.165, 1.54) is 7.11 Å². The molecular formula is C11H22N2O2. The van der Waals surface area contributed by atoms with Gasteiger partial charge < -0.3 is 15.4 Å². The van der Waals surface area contributed by atoms with Gasteiger partial charge in [-0.2, -0.15) is 0 Å². The molecule has 0 aromatic carbocycles. The van der Waals surface area contributed by atoms with Gasteiger partial charge in [0.1, 0.15) is 5.54 Å². The second kappa shape index (κ2) is 4.94. The third kappa shape index (κ3) is 2.92.